The summed E-state index contributed by atoms with van der Waals surface area (Å²) in [6.07, 6.45) is -4.54. The summed E-state index contributed by atoms with van der Waals surface area (Å²) in [5, 5.41) is 10.9. The number of aliphatic hydroxyl groups excluding tert-OH is 1. The van der Waals surface area contributed by atoms with Crippen LogP contribution in [-0.4, -0.2) is 43.8 Å². The molecule has 1 unspecified atom stereocenters. The van der Waals surface area contributed by atoms with E-state index in [1.54, 1.807) is 0 Å². The van der Waals surface area contributed by atoms with Gasteiger partial charge in [-0.15, -0.1) is 0 Å². The van der Waals surface area contributed by atoms with Crippen molar-refractivity contribution in [3.8, 4) is 0 Å². The van der Waals surface area contributed by atoms with Crippen LogP contribution in [0.25, 0.3) is 0 Å². The fraction of sp³-hybridized carbons (Fsp3) is 0.833. The predicted octanol–water partition coefficient (Wildman–Crippen LogP) is -0.625. The van der Waals surface area contributed by atoms with E-state index in [1.165, 1.54) is 7.11 Å². The molecule has 0 aromatic heterocycles. The maximum atomic E-state index is 11.6. The molecule has 2 N–H and O–H groups in total. The first-order chi connectivity index (χ1) is 5.57. The van der Waals surface area contributed by atoms with Gasteiger partial charge in [0.15, 0.2) is 0 Å². The molecule has 0 heterocycles. The van der Waals surface area contributed by atoms with E-state index in [-0.39, 0.29) is 13.1 Å². The van der Waals surface area contributed by atoms with E-state index < -0.39 is 18.5 Å². The molecule has 0 aromatic rings. The third-order valence-corrected chi connectivity index (χ3v) is 1.14. The van der Waals surface area contributed by atoms with Crippen LogP contribution in [0.15, 0.2) is 0 Å². The molecule has 12 heavy (non-hydrogen) atoms. The Morgan fingerprint density at radius 2 is 2.25 bits per heavy atom. The Balaban J connectivity index is 3.37. The van der Waals surface area contributed by atoms with Gasteiger partial charge in [-0.3, -0.25) is 4.79 Å². The summed E-state index contributed by atoms with van der Waals surface area (Å²) < 4.78 is 27.5. The average Bonchev–Trinajstić information content (AvgIpc) is 2.03. The standard InChI is InChI=1S/C6H11F2NO3/c1-12-5(11)3-9-2-4(10)6(7)8/h4,6,9-10H,2-3H2,1H3. The van der Waals surface area contributed by atoms with Crippen molar-refractivity contribution in [1.82, 2.24) is 5.32 Å². The molecule has 0 bridgehead atoms. The lowest BCUT2D eigenvalue weighted by Crippen LogP contribution is -2.35. The van der Waals surface area contributed by atoms with Crippen LogP contribution in [0.5, 0.6) is 0 Å². The Morgan fingerprint density at radius 1 is 1.67 bits per heavy atom. The van der Waals surface area contributed by atoms with Crippen LogP contribution in [0, 0.1) is 0 Å². The van der Waals surface area contributed by atoms with Gasteiger partial charge in [0.1, 0.15) is 6.10 Å². The number of hydrogen-bond acceptors (Lipinski definition) is 4. The second kappa shape index (κ2) is 5.84. The van der Waals surface area contributed by atoms with Crippen molar-refractivity contribution in [3.05, 3.63) is 0 Å². The molecule has 1 atom stereocenters. The normalized spacial score (nSPS) is 13.1. The minimum Gasteiger partial charge on any atom is -0.468 e. The second-order valence-corrected chi connectivity index (χ2v) is 2.11. The van der Waals surface area contributed by atoms with Gasteiger partial charge < -0.3 is 15.2 Å². The molecule has 4 nitrogen and oxygen atoms in total. The maximum absolute atomic E-state index is 11.6. The Morgan fingerprint density at radius 3 is 2.67 bits per heavy atom. The Bertz CT molecular complexity index is 143. The highest BCUT2D eigenvalue weighted by molar-refractivity contribution is 5.71. The zero-order valence-electron chi connectivity index (χ0n) is 6.59. The van der Waals surface area contributed by atoms with Crippen LogP contribution in [0.3, 0.4) is 0 Å². The first-order valence-electron chi connectivity index (χ1n) is 3.31. The first-order valence-corrected chi connectivity index (χ1v) is 3.31. The Labute approximate surface area is 68.5 Å². The lowest BCUT2D eigenvalue weighted by molar-refractivity contribution is -0.139. The van der Waals surface area contributed by atoms with Crippen molar-refractivity contribution in [1.29, 1.82) is 0 Å². The SMILES string of the molecule is COC(=O)CNCC(O)C(F)F. The minimum atomic E-state index is -2.80. The number of nitrogens with one attached hydrogen (secondary N) is 1. The van der Waals surface area contributed by atoms with E-state index in [1.807, 2.05) is 0 Å². The smallest absolute Gasteiger partial charge is 0.319 e. The molecule has 6 heteroatoms. The third kappa shape index (κ3) is 4.97. The lowest BCUT2D eigenvalue weighted by atomic mass is 10.4. The number of carbonyl (C=O) groups excluding carboxylic acids is 1. The number of carbonyl (C=O) groups is 1. The van der Waals surface area contributed by atoms with Gasteiger partial charge in [0, 0.05) is 6.54 Å². The molecule has 0 spiro atoms. The molecule has 0 aromatic carbocycles. The largest absolute Gasteiger partial charge is 0.468 e. The summed E-state index contributed by atoms with van der Waals surface area (Å²) in [5.41, 5.74) is 0. The van der Waals surface area contributed by atoms with E-state index >= 15 is 0 Å². The van der Waals surface area contributed by atoms with Gasteiger partial charge in [0.2, 0.25) is 0 Å². The molecule has 0 rings (SSSR count). The quantitative estimate of drug-likeness (QED) is 0.557. The number of ether oxygens (including phenoxy) is 1. The van der Waals surface area contributed by atoms with Crippen molar-refractivity contribution < 1.29 is 23.4 Å². The summed E-state index contributed by atoms with van der Waals surface area (Å²) in [7, 11) is 1.19. The van der Waals surface area contributed by atoms with Crippen LogP contribution in [-0.2, 0) is 9.53 Å². The molecule has 0 amide bonds. The molecular formula is C6H11F2NO3. The van der Waals surface area contributed by atoms with E-state index in [0.717, 1.165) is 0 Å². The van der Waals surface area contributed by atoms with Gasteiger partial charge in [-0.25, -0.2) is 8.78 Å². The van der Waals surface area contributed by atoms with Gasteiger partial charge in [0.05, 0.1) is 13.7 Å². The zero-order valence-corrected chi connectivity index (χ0v) is 6.59. The van der Waals surface area contributed by atoms with Gasteiger partial charge in [-0.1, -0.05) is 0 Å². The number of hydrogen-bond donors (Lipinski definition) is 2. The third-order valence-electron chi connectivity index (χ3n) is 1.14. The number of rotatable bonds is 5. The monoisotopic (exact) mass is 183 g/mol. The fourth-order valence-corrected chi connectivity index (χ4v) is 0.483. The highest BCUT2D eigenvalue weighted by atomic mass is 19.3. The molecule has 0 saturated carbocycles. The number of alkyl halides is 2. The Kier molecular flexibility index (Phi) is 5.48. The second-order valence-electron chi connectivity index (χ2n) is 2.11. The summed E-state index contributed by atoms with van der Waals surface area (Å²) in [6, 6.07) is 0. The molecule has 0 aliphatic rings. The maximum Gasteiger partial charge on any atom is 0.319 e. The summed E-state index contributed by atoms with van der Waals surface area (Å²) in [5.74, 6) is -0.559. The summed E-state index contributed by atoms with van der Waals surface area (Å²) in [4.78, 5) is 10.4. The van der Waals surface area contributed by atoms with Crippen molar-refractivity contribution >= 4 is 5.97 Å². The van der Waals surface area contributed by atoms with Gasteiger partial charge in [0.25, 0.3) is 6.43 Å². The highest BCUT2D eigenvalue weighted by Crippen LogP contribution is 1.97. The van der Waals surface area contributed by atoms with Crippen molar-refractivity contribution in [3.63, 3.8) is 0 Å². The van der Waals surface area contributed by atoms with Gasteiger partial charge >= 0.3 is 5.97 Å². The predicted molar refractivity (Wildman–Crippen MR) is 36.9 cm³/mol. The van der Waals surface area contributed by atoms with E-state index in [9.17, 15) is 13.6 Å². The van der Waals surface area contributed by atoms with Crippen LogP contribution < -0.4 is 5.32 Å². The number of esters is 1. The zero-order chi connectivity index (χ0) is 9.56. The van der Waals surface area contributed by atoms with E-state index in [2.05, 4.69) is 10.1 Å². The van der Waals surface area contributed by atoms with Crippen molar-refractivity contribution in [2.75, 3.05) is 20.2 Å². The molecule has 0 radical (unpaired) electrons. The molecule has 0 aliphatic heterocycles. The van der Waals surface area contributed by atoms with Crippen LogP contribution in [0.1, 0.15) is 0 Å². The number of aliphatic hydroxyl groups is 1. The van der Waals surface area contributed by atoms with E-state index in [4.69, 9.17) is 5.11 Å². The summed E-state index contributed by atoms with van der Waals surface area (Å²) >= 11 is 0. The van der Waals surface area contributed by atoms with Crippen LogP contribution >= 0.6 is 0 Å². The lowest BCUT2D eigenvalue weighted by Gasteiger charge is -2.09. The van der Waals surface area contributed by atoms with Crippen LogP contribution in [0.4, 0.5) is 8.78 Å². The van der Waals surface area contributed by atoms with Crippen molar-refractivity contribution in [2.45, 2.75) is 12.5 Å². The number of methoxy groups -OCH3 is 1. The highest BCUT2D eigenvalue weighted by Gasteiger charge is 2.16. The molecule has 0 aliphatic carbocycles. The molecule has 72 valence electrons. The first kappa shape index (κ1) is 11.2. The van der Waals surface area contributed by atoms with Gasteiger partial charge in [-0.05, 0) is 0 Å². The Hall–Kier alpha value is -0.750. The fourth-order valence-electron chi connectivity index (χ4n) is 0.483. The van der Waals surface area contributed by atoms with Crippen LogP contribution in [0.2, 0.25) is 0 Å². The van der Waals surface area contributed by atoms with Crippen molar-refractivity contribution in [2.24, 2.45) is 0 Å². The minimum absolute atomic E-state index is 0.180. The number of halogens is 2. The molecule has 0 fully saturated rings. The topological polar surface area (TPSA) is 58.6 Å². The van der Waals surface area contributed by atoms with Gasteiger partial charge in [-0.2, -0.15) is 0 Å². The molecule has 0 saturated heterocycles. The van der Waals surface area contributed by atoms with E-state index in [0.29, 0.717) is 0 Å². The molecular weight excluding hydrogens is 172 g/mol. The summed E-state index contributed by atoms with van der Waals surface area (Å²) in [6.45, 7) is -0.507. The average molecular weight is 183 g/mol.